The summed E-state index contributed by atoms with van der Waals surface area (Å²) in [6, 6.07) is 17.7. The number of carbonyl (C=O) groups excluding carboxylic acids is 1. The number of ether oxygens (including phenoxy) is 2. The molecule has 1 aliphatic heterocycles. The predicted molar refractivity (Wildman–Crippen MR) is 150 cm³/mol. The Morgan fingerprint density at radius 1 is 1.03 bits per heavy atom. The molecule has 1 amide bonds. The number of likely N-dealkylation sites (N-methyl/N-ethyl adjacent to an activating group) is 1. The smallest absolute Gasteiger partial charge is 0.262 e. The minimum Gasteiger partial charge on any atom is -0.497 e. The van der Waals surface area contributed by atoms with Crippen molar-refractivity contribution in [1.29, 1.82) is 0 Å². The van der Waals surface area contributed by atoms with E-state index in [4.69, 9.17) is 21.1 Å². The summed E-state index contributed by atoms with van der Waals surface area (Å²) in [5.74, 6) is 1.26. The summed E-state index contributed by atoms with van der Waals surface area (Å²) in [7, 11) is 3.67. The molecule has 0 saturated carbocycles. The normalized spacial score (nSPS) is 13.9. The lowest BCUT2D eigenvalue weighted by Gasteiger charge is -2.34. The zero-order valence-corrected chi connectivity index (χ0v) is 21.9. The van der Waals surface area contributed by atoms with Crippen molar-refractivity contribution >= 4 is 39.8 Å². The zero-order chi connectivity index (χ0) is 26.6. The van der Waals surface area contributed by atoms with Gasteiger partial charge in [-0.15, -0.1) is 0 Å². The second-order valence-corrected chi connectivity index (χ2v) is 9.52. The number of nitrogens with one attached hydrogen (secondary N) is 2. The van der Waals surface area contributed by atoms with Gasteiger partial charge in [0.25, 0.3) is 11.5 Å². The van der Waals surface area contributed by atoms with Crippen molar-refractivity contribution in [3.63, 3.8) is 0 Å². The van der Waals surface area contributed by atoms with E-state index in [0.29, 0.717) is 44.5 Å². The van der Waals surface area contributed by atoms with Crippen molar-refractivity contribution in [3.05, 3.63) is 76.0 Å². The molecule has 2 N–H and O–H groups in total. The van der Waals surface area contributed by atoms with Gasteiger partial charge in [0.05, 0.1) is 28.7 Å². The number of aromatic nitrogens is 2. The number of amides is 1. The number of carbonyl (C=O) groups is 1. The molecule has 2 heterocycles. The summed E-state index contributed by atoms with van der Waals surface area (Å²) in [5.41, 5.74) is 2.59. The van der Waals surface area contributed by atoms with Crippen LogP contribution in [0.2, 0.25) is 5.02 Å². The van der Waals surface area contributed by atoms with Gasteiger partial charge in [-0.3, -0.25) is 9.59 Å². The summed E-state index contributed by atoms with van der Waals surface area (Å²) < 4.78 is 10.9. The van der Waals surface area contributed by atoms with Gasteiger partial charge in [0.15, 0.2) is 6.61 Å². The van der Waals surface area contributed by atoms with Crippen LogP contribution in [0, 0.1) is 0 Å². The fourth-order valence-electron chi connectivity index (χ4n) is 4.33. The number of methoxy groups -OCH3 is 1. The third-order valence-corrected chi connectivity index (χ3v) is 6.79. The van der Waals surface area contributed by atoms with Crippen LogP contribution >= 0.6 is 11.6 Å². The van der Waals surface area contributed by atoms with E-state index in [9.17, 15) is 9.59 Å². The lowest BCUT2D eigenvalue weighted by Crippen LogP contribution is -2.44. The van der Waals surface area contributed by atoms with Crippen LogP contribution in [0.5, 0.6) is 11.5 Å². The van der Waals surface area contributed by atoms with Crippen molar-refractivity contribution < 1.29 is 14.3 Å². The Morgan fingerprint density at radius 3 is 2.47 bits per heavy atom. The van der Waals surface area contributed by atoms with Crippen LogP contribution in [0.15, 0.2) is 65.5 Å². The van der Waals surface area contributed by atoms with E-state index in [1.165, 1.54) is 0 Å². The number of hydrogen-bond donors (Lipinski definition) is 2. The molecule has 0 bridgehead atoms. The van der Waals surface area contributed by atoms with Crippen LogP contribution in [0.1, 0.15) is 0 Å². The van der Waals surface area contributed by atoms with Gasteiger partial charge in [0.2, 0.25) is 0 Å². The highest BCUT2D eigenvalue weighted by Crippen LogP contribution is 2.29. The number of aromatic amines is 1. The van der Waals surface area contributed by atoms with Crippen molar-refractivity contribution in [1.82, 2.24) is 14.9 Å². The van der Waals surface area contributed by atoms with E-state index >= 15 is 0 Å². The highest BCUT2D eigenvalue weighted by molar-refractivity contribution is 6.33. The van der Waals surface area contributed by atoms with Crippen molar-refractivity contribution in [2.75, 3.05) is 57.2 Å². The highest BCUT2D eigenvalue weighted by atomic mass is 35.5. The van der Waals surface area contributed by atoms with E-state index in [2.05, 4.69) is 32.1 Å². The third kappa shape index (κ3) is 5.74. The number of halogens is 1. The first-order valence-electron chi connectivity index (χ1n) is 12.2. The molecule has 1 aromatic heterocycles. The molecule has 10 heteroatoms. The molecule has 1 saturated heterocycles. The average Bonchev–Trinajstić information content (AvgIpc) is 2.92. The van der Waals surface area contributed by atoms with Crippen molar-refractivity contribution in [3.8, 4) is 22.9 Å². The van der Waals surface area contributed by atoms with E-state index in [0.717, 1.165) is 31.9 Å². The van der Waals surface area contributed by atoms with Crippen LogP contribution in [0.3, 0.4) is 0 Å². The molecule has 38 heavy (non-hydrogen) atoms. The first-order valence-corrected chi connectivity index (χ1v) is 12.6. The van der Waals surface area contributed by atoms with E-state index in [-0.39, 0.29) is 18.1 Å². The van der Waals surface area contributed by atoms with Gasteiger partial charge in [-0.2, -0.15) is 0 Å². The van der Waals surface area contributed by atoms with E-state index < -0.39 is 0 Å². The first kappa shape index (κ1) is 25.6. The molecule has 0 spiro atoms. The fraction of sp³-hybridized carbons (Fsp3) is 0.250. The van der Waals surface area contributed by atoms with Gasteiger partial charge in [-0.1, -0.05) is 11.6 Å². The standard InChI is InChI=1S/C28H28ClN5O4/c1-33-11-13-34(14-12-33)25-10-5-19(15-23(25)29)30-26(35)17-38-20-6-3-18(4-7-20)27-31-24-16-21(37-2)8-9-22(24)28(36)32-27/h3-10,15-16H,11-14,17H2,1-2H3,(H,30,35)(H,31,32,36). The molecule has 0 unspecified atom stereocenters. The number of anilines is 2. The minimum absolute atomic E-state index is 0.165. The van der Waals surface area contributed by atoms with Gasteiger partial charge in [-0.25, -0.2) is 4.98 Å². The lowest BCUT2D eigenvalue weighted by molar-refractivity contribution is -0.118. The second-order valence-electron chi connectivity index (χ2n) is 9.12. The Hall–Kier alpha value is -4.08. The summed E-state index contributed by atoms with van der Waals surface area (Å²) in [4.78, 5) is 36.8. The molecule has 1 aliphatic rings. The second kappa shape index (κ2) is 11.1. The average molecular weight is 534 g/mol. The number of piperazine rings is 1. The molecule has 9 nitrogen and oxygen atoms in total. The molecule has 0 aliphatic carbocycles. The number of benzene rings is 3. The van der Waals surface area contributed by atoms with Crippen LogP contribution in [0.4, 0.5) is 11.4 Å². The Labute approximate surface area is 225 Å². The molecule has 0 atom stereocenters. The minimum atomic E-state index is -0.299. The van der Waals surface area contributed by atoms with Crippen molar-refractivity contribution in [2.24, 2.45) is 0 Å². The summed E-state index contributed by atoms with van der Waals surface area (Å²) in [6.45, 7) is 3.63. The fourth-order valence-corrected chi connectivity index (χ4v) is 4.63. The predicted octanol–water partition coefficient (Wildman–Crippen LogP) is 4.02. The van der Waals surface area contributed by atoms with E-state index in [1.54, 1.807) is 55.6 Å². The molecular formula is C28H28ClN5O4. The van der Waals surface area contributed by atoms with Crippen LogP contribution in [0.25, 0.3) is 22.3 Å². The molecule has 1 fully saturated rings. The highest BCUT2D eigenvalue weighted by Gasteiger charge is 2.17. The monoisotopic (exact) mass is 533 g/mol. The van der Waals surface area contributed by atoms with Crippen LogP contribution in [-0.4, -0.2) is 67.7 Å². The van der Waals surface area contributed by atoms with Gasteiger partial charge in [-0.05, 0) is 61.6 Å². The van der Waals surface area contributed by atoms with Gasteiger partial charge >= 0.3 is 0 Å². The molecule has 5 rings (SSSR count). The molecule has 4 aromatic rings. The Morgan fingerprint density at radius 2 is 1.76 bits per heavy atom. The Balaban J connectivity index is 1.19. The first-order chi connectivity index (χ1) is 18.4. The molecule has 3 aromatic carbocycles. The third-order valence-electron chi connectivity index (χ3n) is 6.49. The van der Waals surface area contributed by atoms with Crippen LogP contribution < -0.4 is 25.2 Å². The maximum atomic E-state index is 12.5. The number of rotatable bonds is 7. The SMILES string of the molecule is COc1ccc2c(=O)[nH]c(-c3ccc(OCC(=O)Nc4ccc(N5CCN(C)CC5)c(Cl)c4)cc3)nc2c1. The largest absolute Gasteiger partial charge is 0.497 e. The van der Waals surface area contributed by atoms with Crippen LogP contribution in [-0.2, 0) is 4.79 Å². The number of fused-ring (bicyclic) bond motifs is 1. The maximum absolute atomic E-state index is 12.5. The molecular weight excluding hydrogens is 506 g/mol. The topological polar surface area (TPSA) is 99.8 Å². The number of nitrogens with zero attached hydrogens (tertiary/aromatic N) is 3. The Kier molecular flexibility index (Phi) is 7.48. The number of H-pyrrole nitrogens is 1. The lowest BCUT2D eigenvalue weighted by atomic mass is 10.2. The van der Waals surface area contributed by atoms with Gasteiger partial charge in [0, 0.05) is 43.5 Å². The zero-order valence-electron chi connectivity index (χ0n) is 21.2. The molecule has 0 radical (unpaired) electrons. The Bertz CT molecular complexity index is 1510. The number of hydrogen-bond acceptors (Lipinski definition) is 7. The maximum Gasteiger partial charge on any atom is 0.262 e. The quantitative estimate of drug-likeness (QED) is 0.370. The molecule has 196 valence electrons. The summed E-state index contributed by atoms with van der Waals surface area (Å²) >= 11 is 6.51. The van der Waals surface area contributed by atoms with Gasteiger partial charge in [0.1, 0.15) is 17.3 Å². The van der Waals surface area contributed by atoms with E-state index in [1.807, 2.05) is 12.1 Å². The van der Waals surface area contributed by atoms with Crippen molar-refractivity contribution in [2.45, 2.75) is 0 Å². The summed E-state index contributed by atoms with van der Waals surface area (Å²) in [5, 5.41) is 3.91. The van der Waals surface area contributed by atoms with Gasteiger partial charge < -0.3 is 29.6 Å². The summed E-state index contributed by atoms with van der Waals surface area (Å²) in [6.07, 6.45) is 0.